The van der Waals surface area contributed by atoms with Crippen molar-refractivity contribution in [3.05, 3.63) is 30.0 Å². The highest BCUT2D eigenvalue weighted by Crippen LogP contribution is 2.27. The molecule has 0 saturated carbocycles. The first-order valence-corrected chi connectivity index (χ1v) is 7.97. The summed E-state index contributed by atoms with van der Waals surface area (Å²) in [7, 11) is 5.72. The molecule has 2 aromatic rings. The summed E-state index contributed by atoms with van der Waals surface area (Å²) in [6, 6.07) is 5.33. The number of ether oxygens (including phenoxy) is 1. The van der Waals surface area contributed by atoms with Crippen LogP contribution in [0, 0.1) is 5.92 Å². The van der Waals surface area contributed by atoms with Gasteiger partial charge in [0.25, 0.3) is 0 Å². The van der Waals surface area contributed by atoms with Crippen molar-refractivity contribution in [2.45, 2.75) is 26.3 Å². The molecule has 0 aliphatic heterocycles. The number of methoxy groups -OCH3 is 1. The van der Waals surface area contributed by atoms with Gasteiger partial charge in [-0.2, -0.15) is 0 Å². The Bertz CT molecular complexity index is 689. The summed E-state index contributed by atoms with van der Waals surface area (Å²) in [5.41, 5.74) is 8.09. The Morgan fingerprint density at radius 2 is 2.04 bits per heavy atom. The van der Waals surface area contributed by atoms with Gasteiger partial charge in [-0.3, -0.25) is 9.36 Å². The van der Waals surface area contributed by atoms with Gasteiger partial charge in [0.1, 0.15) is 5.75 Å². The van der Waals surface area contributed by atoms with Crippen LogP contribution in [0.15, 0.2) is 24.4 Å². The second kappa shape index (κ2) is 7.15. The van der Waals surface area contributed by atoms with Crippen molar-refractivity contribution in [2.24, 2.45) is 11.7 Å². The number of aromatic nitrogens is 1. The van der Waals surface area contributed by atoms with E-state index in [9.17, 15) is 4.79 Å². The predicted molar refractivity (Wildman–Crippen MR) is 94.2 cm³/mol. The van der Waals surface area contributed by atoms with Crippen molar-refractivity contribution in [1.82, 2.24) is 9.47 Å². The second-order valence-electron chi connectivity index (χ2n) is 6.57. The molecule has 0 amide bonds. The van der Waals surface area contributed by atoms with Gasteiger partial charge in [-0.1, -0.05) is 13.8 Å². The average Bonchev–Trinajstić information content (AvgIpc) is 2.89. The lowest BCUT2D eigenvalue weighted by Crippen LogP contribution is -2.38. The summed E-state index contributed by atoms with van der Waals surface area (Å²) in [4.78, 5) is 14.9. The molecular formula is C18H27N3O2. The number of benzene rings is 1. The van der Waals surface area contributed by atoms with Gasteiger partial charge in [0.15, 0.2) is 0 Å². The van der Waals surface area contributed by atoms with Crippen LogP contribution in [0.5, 0.6) is 5.75 Å². The molecule has 126 valence electrons. The first kappa shape index (κ1) is 17.5. The summed E-state index contributed by atoms with van der Waals surface area (Å²) >= 11 is 0. The highest BCUT2D eigenvalue weighted by molar-refractivity contribution is 5.97. The molecule has 23 heavy (non-hydrogen) atoms. The lowest BCUT2D eigenvalue weighted by Gasteiger charge is -2.15. The molecule has 0 aliphatic carbocycles. The topological polar surface area (TPSA) is 60.5 Å². The van der Waals surface area contributed by atoms with Crippen LogP contribution < -0.4 is 10.5 Å². The van der Waals surface area contributed by atoms with E-state index < -0.39 is 6.04 Å². The highest BCUT2D eigenvalue weighted by atomic mass is 16.5. The Hall–Kier alpha value is -1.85. The van der Waals surface area contributed by atoms with E-state index in [0.29, 0.717) is 0 Å². The molecule has 5 heteroatoms. The third-order valence-corrected chi connectivity index (χ3v) is 4.16. The third-order valence-electron chi connectivity index (χ3n) is 4.16. The quantitative estimate of drug-likeness (QED) is 0.888. The molecule has 1 heterocycles. The smallest absolute Gasteiger partial charge is 0.248 e. The van der Waals surface area contributed by atoms with Gasteiger partial charge in [0, 0.05) is 24.2 Å². The Morgan fingerprint density at radius 1 is 1.35 bits per heavy atom. The molecule has 2 rings (SSSR count). The van der Waals surface area contributed by atoms with E-state index in [-0.39, 0.29) is 11.8 Å². The molecule has 0 saturated heterocycles. The van der Waals surface area contributed by atoms with Crippen molar-refractivity contribution < 1.29 is 9.53 Å². The maximum absolute atomic E-state index is 12.7. The Labute approximate surface area is 138 Å². The Morgan fingerprint density at radius 3 is 2.61 bits per heavy atom. The number of carbonyl (C=O) groups is 1. The largest absolute Gasteiger partial charge is 0.497 e. The summed E-state index contributed by atoms with van der Waals surface area (Å²) in [6.07, 6.45) is 2.81. The van der Waals surface area contributed by atoms with Crippen LogP contribution in [0.3, 0.4) is 0 Å². The minimum Gasteiger partial charge on any atom is -0.497 e. The van der Waals surface area contributed by atoms with Crippen LogP contribution >= 0.6 is 0 Å². The molecule has 2 N–H and O–H groups in total. The molecule has 0 fully saturated rings. The zero-order valence-electron chi connectivity index (χ0n) is 14.7. The number of likely N-dealkylation sites (N-methyl/N-ethyl adjacent to an activating group) is 1. The van der Waals surface area contributed by atoms with Gasteiger partial charge in [0.05, 0.1) is 18.7 Å². The van der Waals surface area contributed by atoms with Crippen molar-refractivity contribution in [2.75, 3.05) is 27.7 Å². The summed E-state index contributed by atoms with van der Waals surface area (Å²) < 4.78 is 7.00. The molecule has 0 aliphatic rings. The molecule has 0 bridgehead atoms. The maximum Gasteiger partial charge on any atom is 0.248 e. The van der Waals surface area contributed by atoms with Crippen molar-refractivity contribution in [3.8, 4) is 5.75 Å². The second-order valence-corrected chi connectivity index (χ2v) is 6.57. The molecular weight excluding hydrogens is 290 g/mol. The van der Waals surface area contributed by atoms with E-state index in [2.05, 4.69) is 4.90 Å². The number of hydrogen-bond acceptors (Lipinski definition) is 4. The predicted octanol–water partition coefficient (Wildman–Crippen LogP) is 2.38. The van der Waals surface area contributed by atoms with Crippen LogP contribution in [0.2, 0.25) is 0 Å². The minimum atomic E-state index is -0.515. The maximum atomic E-state index is 12.7. The number of nitrogens with two attached hydrogens (primary N) is 1. The zero-order chi connectivity index (χ0) is 17.1. The highest BCUT2D eigenvalue weighted by Gasteiger charge is 2.22. The van der Waals surface area contributed by atoms with E-state index in [1.165, 1.54) is 0 Å². The van der Waals surface area contributed by atoms with Gasteiger partial charge in [-0.05, 0) is 44.1 Å². The first-order valence-electron chi connectivity index (χ1n) is 7.97. The van der Waals surface area contributed by atoms with Crippen LogP contribution in [0.25, 0.3) is 10.9 Å². The third kappa shape index (κ3) is 3.74. The van der Waals surface area contributed by atoms with E-state index in [1.54, 1.807) is 11.7 Å². The Balaban J connectivity index is 2.51. The molecule has 5 nitrogen and oxygen atoms in total. The number of nitrogens with zero attached hydrogens (tertiary/aromatic N) is 2. The molecule has 0 spiro atoms. The number of hydrogen-bond donors (Lipinski definition) is 1. The number of rotatable bonds is 6. The van der Waals surface area contributed by atoms with Crippen molar-refractivity contribution in [3.63, 3.8) is 0 Å². The van der Waals surface area contributed by atoms with Gasteiger partial charge in [-0.25, -0.2) is 0 Å². The van der Waals surface area contributed by atoms with Crippen LogP contribution in [-0.2, 0) is 6.42 Å². The monoisotopic (exact) mass is 317 g/mol. The molecule has 1 unspecified atom stereocenters. The molecule has 1 aromatic heterocycles. The number of fused-ring (bicyclic) bond motifs is 1. The fourth-order valence-corrected chi connectivity index (χ4v) is 2.58. The standard InChI is InChI=1S/C18H27N3O2/c1-12(2)17(19)18(22)21-11-13(8-9-20(3)4)15-7-6-14(23-5)10-16(15)21/h6-7,10-12,17H,8-9,19H2,1-5H3. The summed E-state index contributed by atoms with van der Waals surface area (Å²) in [5, 5.41) is 1.08. The lowest BCUT2D eigenvalue weighted by molar-refractivity contribution is 0.0862. The van der Waals surface area contributed by atoms with Crippen LogP contribution in [0.4, 0.5) is 0 Å². The van der Waals surface area contributed by atoms with Gasteiger partial charge in [-0.15, -0.1) is 0 Å². The lowest BCUT2D eigenvalue weighted by atomic mass is 10.0. The van der Waals surface area contributed by atoms with Crippen LogP contribution in [-0.4, -0.2) is 49.2 Å². The zero-order valence-corrected chi connectivity index (χ0v) is 14.7. The van der Waals surface area contributed by atoms with Crippen LogP contribution in [0.1, 0.15) is 24.2 Å². The van der Waals surface area contributed by atoms with E-state index >= 15 is 0 Å². The van der Waals surface area contributed by atoms with Gasteiger partial charge >= 0.3 is 0 Å². The fourth-order valence-electron chi connectivity index (χ4n) is 2.58. The minimum absolute atomic E-state index is 0.0747. The summed E-state index contributed by atoms with van der Waals surface area (Å²) in [5.74, 6) is 0.757. The van der Waals surface area contributed by atoms with Gasteiger partial charge < -0.3 is 15.4 Å². The van der Waals surface area contributed by atoms with Crippen molar-refractivity contribution >= 4 is 16.8 Å². The molecule has 1 aromatic carbocycles. The average molecular weight is 317 g/mol. The van der Waals surface area contributed by atoms with Gasteiger partial charge in [0.2, 0.25) is 5.91 Å². The first-order chi connectivity index (χ1) is 10.8. The molecule has 1 atom stereocenters. The molecule has 0 radical (unpaired) electrons. The number of carbonyl (C=O) groups excluding carboxylic acids is 1. The SMILES string of the molecule is COc1ccc2c(CCN(C)C)cn(C(=O)C(N)C(C)C)c2c1. The normalized spacial score (nSPS) is 13.0. The van der Waals surface area contributed by atoms with E-state index in [0.717, 1.165) is 35.2 Å². The van der Waals surface area contributed by atoms with Crippen molar-refractivity contribution in [1.29, 1.82) is 0 Å². The fraction of sp³-hybridized carbons (Fsp3) is 0.500. The Kier molecular flexibility index (Phi) is 5.44. The summed E-state index contributed by atoms with van der Waals surface area (Å²) in [6.45, 7) is 4.85. The van der Waals surface area contributed by atoms with E-state index in [1.807, 2.05) is 52.3 Å². The van der Waals surface area contributed by atoms with E-state index in [4.69, 9.17) is 10.5 Å².